The maximum Gasteiger partial charge on any atom is 0.191 e. The number of aliphatic imine (C=N–C) groups is 1. The maximum atomic E-state index is 13.2. The Hall–Kier alpha value is -1.58. The maximum absolute atomic E-state index is 13.2. The van der Waals surface area contributed by atoms with Gasteiger partial charge in [-0.2, -0.15) is 0 Å². The summed E-state index contributed by atoms with van der Waals surface area (Å²) in [7, 11) is 1.69. The lowest BCUT2D eigenvalue weighted by Crippen LogP contribution is -2.36. The van der Waals surface area contributed by atoms with E-state index in [9.17, 15) is 4.39 Å². The first-order valence-corrected chi connectivity index (χ1v) is 4.95. The molecule has 82 valence electrons. The van der Waals surface area contributed by atoms with Gasteiger partial charge in [-0.05, 0) is 13.0 Å². The number of guanidine groups is 1. The molecule has 0 heterocycles. The molecule has 0 aromatic heterocycles. The van der Waals surface area contributed by atoms with Crippen LogP contribution in [-0.2, 0) is 6.54 Å². The van der Waals surface area contributed by atoms with E-state index in [4.69, 9.17) is 0 Å². The topological polar surface area (TPSA) is 36.4 Å². The fourth-order valence-electron chi connectivity index (χ4n) is 1.21. The minimum Gasteiger partial charge on any atom is -0.357 e. The lowest BCUT2D eigenvalue weighted by Gasteiger charge is -2.10. The van der Waals surface area contributed by atoms with Crippen molar-refractivity contribution in [1.82, 2.24) is 10.6 Å². The standard InChI is InChI=1S/C11H16FN3/c1-3-14-11(13-2)15-8-9-6-4-5-7-10(9)12/h4-7H,3,8H2,1-2H3,(H2,13,14,15). The van der Waals surface area contributed by atoms with Gasteiger partial charge in [0.15, 0.2) is 5.96 Å². The van der Waals surface area contributed by atoms with Crippen molar-refractivity contribution in [3.63, 3.8) is 0 Å². The summed E-state index contributed by atoms with van der Waals surface area (Å²) in [5.41, 5.74) is 0.636. The Morgan fingerprint density at radius 2 is 2.07 bits per heavy atom. The summed E-state index contributed by atoms with van der Waals surface area (Å²) in [6.45, 7) is 3.21. The Morgan fingerprint density at radius 3 is 2.67 bits per heavy atom. The van der Waals surface area contributed by atoms with Gasteiger partial charge in [-0.25, -0.2) is 4.39 Å². The Balaban J connectivity index is 2.53. The lowest BCUT2D eigenvalue weighted by molar-refractivity contribution is 0.605. The Morgan fingerprint density at radius 1 is 1.33 bits per heavy atom. The van der Waals surface area contributed by atoms with E-state index in [1.807, 2.05) is 13.0 Å². The molecule has 4 heteroatoms. The predicted molar refractivity (Wildman–Crippen MR) is 60.3 cm³/mol. The molecular formula is C11H16FN3. The highest BCUT2D eigenvalue weighted by Gasteiger charge is 2.01. The SMILES string of the molecule is CCNC(=NC)NCc1ccccc1F. The zero-order chi connectivity index (χ0) is 11.1. The summed E-state index contributed by atoms with van der Waals surface area (Å²) in [6.07, 6.45) is 0. The second-order valence-electron chi connectivity index (χ2n) is 3.05. The van der Waals surface area contributed by atoms with E-state index >= 15 is 0 Å². The molecule has 0 saturated heterocycles. The fourth-order valence-corrected chi connectivity index (χ4v) is 1.21. The van der Waals surface area contributed by atoms with E-state index in [2.05, 4.69) is 15.6 Å². The number of hydrogen-bond donors (Lipinski definition) is 2. The average Bonchev–Trinajstić information content (AvgIpc) is 2.26. The van der Waals surface area contributed by atoms with Gasteiger partial charge >= 0.3 is 0 Å². The molecule has 0 aliphatic carbocycles. The first-order valence-electron chi connectivity index (χ1n) is 4.95. The van der Waals surface area contributed by atoms with Crippen LogP contribution in [0.25, 0.3) is 0 Å². The molecule has 2 N–H and O–H groups in total. The van der Waals surface area contributed by atoms with Gasteiger partial charge in [0.05, 0.1) is 0 Å². The summed E-state index contributed by atoms with van der Waals surface area (Å²) >= 11 is 0. The van der Waals surface area contributed by atoms with Crippen LogP contribution in [0.1, 0.15) is 12.5 Å². The van der Waals surface area contributed by atoms with Gasteiger partial charge in [0, 0.05) is 25.7 Å². The van der Waals surface area contributed by atoms with Crippen LogP contribution in [0.3, 0.4) is 0 Å². The van der Waals surface area contributed by atoms with Crippen LogP contribution in [-0.4, -0.2) is 19.6 Å². The summed E-state index contributed by atoms with van der Waals surface area (Å²) in [5.74, 6) is 0.484. The monoisotopic (exact) mass is 209 g/mol. The minimum absolute atomic E-state index is 0.197. The Bertz CT molecular complexity index is 336. The number of nitrogens with one attached hydrogen (secondary N) is 2. The van der Waals surface area contributed by atoms with Gasteiger partial charge in [-0.3, -0.25) is 4.99 Å². The number of halogens is 1. The number of rotatable bonds is 3. The van der Waals surface area contributed by atoms with E-state index < -0.39 is 0 Å². The summed E-state index contributed by atoms with van der Waals surface area (Å²) < 4.78 is 13.2. The zero-order valence-corrected chi connectivity index (χ0v) is 9.05. The third-order valence-corrected chi connectivity index (χ3v) is 1.97. The Kier molecular flexibility index (Phi) is 4.60. The van der Waals surface area contributed by atoms with Crippen molar-refractivity contribution >= 4 is 5.96 Å². The molecule has 0 radical (unpaired) electrons. The molecule has 0 aliphatic heterocycles. The molecule has 0 saturated carbocycles. The normalized spacial score (nSPS) is 11.3. The van der Waals surface area contributed by atoms with E-state index in [0.29, 0.717) is 18.1 Å². The third kappa shape index (κ3) is 3.58. The quantitative estimate of drug-likeness (QED) is 0.585. The number of nitrogens with zero attached hydrogens (tertiary/aromatic N) is 1. The summed E-state index contributed by atoms with van der Waals surface area (Å²) in [5, 5.41) is 6.06. The van der Waals surface area contributed by atoms with Crippen molar-refractivity contribution < 1.29 is 4.39 Å². The van der Waals surface area contributed by atoms with Gasteiger partial charge < -0.3 is 10.6 Å². The predicted octanol–water partition coefficient (Wildman–Crippen LogP) is 1.51. The van der Waals surface area contributed by atoms with E-state index in [0.717, 1.165) is 6.54 Å². The molecule has 0 fully saturated rings. The minimum atomic E-state index is -0.197. The molecule has 0 atom stereocenters. The largest absolute Gasteiger partial charge is 0.357 e. The van der Waals surface area contributed by atoms with Gasteiger partial charge in [0.1, 0.15) is 5.82 Å². The first-order chi connectivity index (χ1) is 7.27. The number of hydrogen-bond acceptors (Lipinski definition) is 1. The molecule has 1 rings (SSSR count). The first kappa shape index (κ1) is 11.5. The van der Waals surface area contributed by atoms with Crippen molar-refractivity contribution in [2.75, 3.05) is 13.6 Å². The molecule has 0 bridgehead atoms. The van der Waals surface area contributed by atoms with Crippen LogP contribution in [0.2, 0.25) is 0 Å². The molecular weight excluding hydrogens is 193 g/mol. The third-order valence-electron chi connectivity index (χ3n) is 1.97. The molecule has 3 nitrogen and oxygen atoms in total. The van der Waals surface area contributed by atoms with E-state index in [1.54, 1.807) is 19.2 Å². The van der Waals surface area contributed by atoms with Crippen molar-refractivity contribution in [1.29, 1.82) is 0 Å². The molecule has 0 aliphatic rings. The molecule has 15 heavy (non-hydrogen) atoms. The van der Waals surface area contributed by atoms with Crippen molar-refractivity contribution in [3.8, 4) is 0 Å². The molecule has 0 amide bonds. The van der Waals surface area contributed by atoms with Gasteiger partial charge in [0.2, 0.25) is 0 Å². The zero-order valence-electron chi connectivity index (χ0n) is 9.05. The summed E-state index contributed by atoms with van der Waals surface area (Å²) in [4.78, 5) is 3.99. The highest BCUT2D eigenvalue weighted by atomic mass is 19.1. The second kappa shape index (κ2) is 6.01. The van der Waals surface area contributed by atoms with Crippen LogP contribution in [0.15, 0.2) is 29.3 Å². The van der Waals surface area contributed by atoms with Gasteiger partial charge in [-0.1, -0.05) is 18.2 Å². The van der Waals surface area contributed by atoms with Crippen LogP contribution in [0.5, 0.6) is 0 Å². The second-order valence-corrected chi connectivity index (χ2v) is 3.05. The van der Waals surface area contributed by atoms with Crippen LogP contribution in [0.4, 0.5) is 4.39 Å². The van der Waals surface area contributed by atoms with Gasteiger partial charge in [0.25, 0.3) is 0 Å². The molecule has 1 aromatic rings. The van der Waals surface area contributed by atoms with Gasteiger partial charge in [-0.15, -0.1) is 0 Å². The van der Waals surface area contributed by atoms with Crippen molar-refractivity contribution in [2.24, 2.45) is 4.99 Å². The molecule has 0 unspecified atom stereocenters. The number of benzene rings is 1. The smallest absolute Gasteiger partial charge is 0.191 e. The van der Waals surface area contributed by atoms with Crippen LogP contribution in [0, 0.1) is 5.82 Å². The average molecular weight is 209 g/mol. The van der Waals surface area contributed by atoms with Crippen molar-refractivity contribution in [3.05, 3.63) is 35.6 Å². The van der Waals surface area contributed by atoms with Crippen LogP contribution >= 0.6 is 0 Å². The molecule has 0 spiro atoms. The van der Waals surface area contributed by atoms with Crippen LogP contribution < -0.4 is 10.6 Å². The highest BCUT2D eigenvalue weighted by molar-refractivity contribution is 5.79. The lowest BCUT2D eigenvalue weighted by atomic mass is 10.2. The highest BCUT2D eigenvalue weighted by Crippen LogP contribution is 2.04. The molecule has 1 aromatic carbocycles. The van der Waals surface area contributed by atoms with E-state index in [-0.39, 0.29) is 5.82 Å². The van der Waals surface area contributed by atoms with Crippen molar-refractivity contribution in [2.45, 2.75) is 13.5 Å². The summed E-state index contributed by atoms with van der Waals surface area (Å²) in [6, 6.07) is 6.70. The fraction of sp³-hybridized carbons (Fsp3) is 0.364. The Labute approximate surface area is 89.4 Å². The van der Waals surface area contributed by atoms with E-state index in [1.165, 1.54) is 6.07 Å².